The summed E-state index contributed by atoms with van der Waals surface area (Å²) in [5.74, 6) is -1.31. The first-order valence-electron chi connectivity index (χ1n) is 8.74. The molecule has 1 amide bonds. The minimum absolute atomic E-state index is 0.00377. The molecule has 8 heteroatoms. The standard InChI is InChI=1S/C19H20N2O6/c1-25-18(23)15-9-27-10-21(16(15)19(24)26-2)13-4-3-11-8-20(12-5-6-12)17(22)14(11)7-13/h3-4,7,12H,5-6,8-10H2,1-2H3. The molecule has 3 aliphatic rings. The molecule has 27 heavy (non-hydrogen) atoms. The molecule has 8 nitrogen and oxygen atoms in total. The summed E-state index contributed by atoms with van der Waals surface area (Å²) < 4.78 is 15.1. The van der Waals surface area contributed by atoms with Crippen LogP contribution >= 0.6 is 0 Å². The average Bonchev–Trinajstić information content (AvgIpc) is 3.50. The van der Waals surface area contributed by atoms with Gasteiger partial charge in [0.05, 0.1) is 26.4 Å². The van der Waals surface area contributed by atoms with Gasteiger partial charge in [-0.05, 0) is 30.5 Å². The third-order valence-electron chi connectivity index (χ3n) is 5.06. The minimum atomic E-state index is -0.662. The Morgan fingerprint density at radius 3 is 2.56 bits per heavy atom. The molecule has 1 aromatic carbocycles. The van der Waals surface area contributed by atoms with Crippen molar-refractivity contribution in [2.45, 2.75) is 25.4 Å². The second kappa shape index (κ2) is 6.70. The molecule has 0 saturated heterocycles. The van der Waals surface area contributed by atoms with E-state index < -0.39 is 11.9 Å². The number of rotatable bonds is 4. The van der Waals surface area contributed by atoms with Crippen molar-refractivity contribution in [2.24, 2.45) is 0 Å². The van der Waals surface area contributed by atoms with Crippen LogP contribution in [0.1, 0.15) is 28.8 Å². The summed E-state index contributed by atoms with van der Waals surface area (Å²) in [7, 11) is 2.49. The molecule has 1 aromatic rings. The highest BCUT2D eigenvalue weighted by atomic mass is 16.5. The third kappa shape index (κ3) is 2.95. The van der Waals surface area contributed by atoms with Gasteiger partial charge in [-0.1, -0.05) is 6.07 Å². The largest absolute Gasteiger partial charge is 0.466 e. The first-order valence-corrected chi connectivity index (χ1v) is 8.74. The lowest BCUT2D eigenvalue weighted by Crippen LogP contribution is -2.38. The lowest BCUT2D eigenvalue weighted by atomic mass is 10.1. The smallest absolute Gasteiger partial charge is 0.355 e. The topological polar surface area (TPSA) is 85.4 Å². The zero-order chi connectivity index (χ0) is 19.1. The number of benzene rings is 1. The van der Waals surface area contributed by atoms with Crippen molar-refractivity contribution >= 4 is 23.5 Å². The molecule has 2 aliphatic heterocycles. The van der Waals surface area contributed by atoms with E-state index in [1.807, 2.05) is 17.0 Å². The molecule has 0 N–H and O–H groups in total. The Morgan fingerprint density at radius 1 is 1.15 bits per heavy atom. The summed E-state index contributed by atoms with van der Waals surface area (Å²) in [5, 5.41) is 0. The van der Waals surface area contributed by atoms with E-state index in [9.17, 15) is 14.4 Å². The van der Waals surface area contributed by atoms with Crippen LogP contribution in [0.5, 0.6) is 0 Å². The van der Waals surface area contributed by atoms with E-state index in [2.05, 4.69) is 0 Å². The fraction of sp³-hybridized carbons (Fsp3) is 0.421. The van der Waals surface area contributed by atoms with Gasteiger partial charge in [0, 0.05) is 23.8 Å². The Labute approximate surface area is 156 Å². The van der Waals surface area contributed by atoms with Crippen LogP contribution in [0, 0.1) is 0 Å². The molecule has 0 radical (unpaired) electrons. The van der Waals surface area contributed by atoms with Crippen LogP contribution in [0.3, 0.4) is 0 Å². The number of fused-ring (bicyclic) bond motifs is 1. The predicted octanol–water partition coefficient (Wildman–Crippen LogP) is 1.20. The third-order valence-corrected chi connectivity index (χ3v) is 5.06. The average molecular weight is 372 g/mol. The molecule has 0 bridgehead atoms. The van der Waals surface area contributed by atoms with Gasteiger partial charge in [0.1, 0.15) is 12.4 Å². The first kappa shape index (κ1) is 17.5. The number of carbonyl (C=O) groups excluding carboxylic acids is 3. The number of amides is 1. The predicted molar refractivity (Wildman–Crippen MR) is 93.7 cm³/mol. The van der Waals surface area contributed by atoms with Crippen molar-refractivity contribution in [3.8, 4) is 0 Å². The van der Waals surface area contributed by atoms with Crippen molar-refractivity contribution in [1.82, 2.24) is 4.90 Å². The number of nitrogens with zero attached hydrogens (tertiary/aromatic N) is 2. The van der Waals surface area contributed by atoms with Crippen LogP contribution in [0.25, 0.3) is 0 Å². The van der Waals surface area contributed by atoms with Crippen LogP contribution in [0.2, 0.25) is 0 Å². The van der Waals surface area contributed by atoms with Crippen LogP contribution in [0.4, 0.5) is 5.69 Å². The molecule has 0 unspecified atom stereocenters. The SMILES string of the molecule is COC(=O)C1=C(C(=O)OC)N(c2ccc3c(c2)C(=O)N(C2CC2)C3)COC1. The van der Waals surface area contributed by atoms with Crippen LogP contribution < -0.4 is 4.90 Å². The van der Waals surface area contributed by atoms with Gasteiger partial charge in [-0.2, -0.15) is 0 Å². The monoisotopic (exact) mass is 372 g/mol. The quantitative estimate of drug-likeness (QED) is 0.734. The van der Waals surface area contributed by atoms with Crippen molar-refractivity contribution < 1.29 is 28.6 Å². The molecule has 1 fully saturated rings. The molecule has 1 aliphatic carbocycles. The lowest BCUT2D eigenvalue weighted by molar-refractivity contribution is -0.140. The first-order chi connectivity index (χ1) is 13.0. The van der Waals surface area contributed by atoms with Gasteiger partial charge >= 0.3 is 11.9 Å². The summed E-state index contributed by atoms with van der Waals surface area (Å²) >= 11 is 0. The van der Waals surface area contributed by atoms with Crippen molar-refractivity contribution in [3.05, 3.63) is 40.6 Å². The Morgan fingerprint density at radius 2 is 1.89 bits per heavy atom. The Hall–Kier alpha value is -2.87. The molecule has 0 aromatic heterocycles. The maximum atomic E-state index is 12.7. The number of esters is 2. The van der Waals surface area contributed by atoms with E-state index in [4.69, 9.17) is 14.2 Å². The number of carbonyl (C=O) groups is 3. The summed E-state index contributed by atoms with van der Waals surface area (Å²) in [6.45, 7) is 0.625. The zero-order valence-corrected chi connectivity index (χ0v) is 15.2. The van der Waals surface area contributed by atoms with E-state index in [1.165, 1.54) is 19.1 Å². The fourth-order valence-corrected chi connectivity index (χ4v) is 3.51. The normalized spacial score (nSPS) is 19.3. The molecule has 0 atom stereocenters. The summed E-state index contributed by atoms with van der Waals surface area (Å²) in [6, 6.07) is 5.77. The van der Waals surface area contributed by atoms with Gasteiger partial charge in [0.2, 0.25) is 0 Å². The number of anilines is 1. The molecule has 1 saturated carbocycles. The van der Waals surface area contributed by atoms with E-state index >= 15 is 0 Å². The van der Waals surface area contributed by atoms with E-state index in [0.717, 1.165) is 18.4 Å². The Bertz CT molecular complexity index is 858. The van der Waals surface area contributed by atoms with Gasteiger partial charge in [0.15, 0.2) is 0 Å². The molecular formula is C19H20N2O6. The summed E-state index contributed by atoms with van der Waals surface area (Å²) in [6.07, 6.45) is 2.09. The maximum absolute atomic E-state index is 12.7. The Kier molecular flexibility index (Phi) is 4.35. The van der Waals surface area contributed by atoms with Crippen LogP contribution in [0.15, 0.2) is 29.5 Å². The van der Waals surface area contributed by atoms with Crippen molar-refractivity contribution in [1.29, 1.82) is 0 Å². The number of hydrogen-bond acceptors (Lipinski definition) is 7. The molecule has 4 rings (SSSR count). The van der Waals surface area contributed by atoms with E-state index in [-0.39, 0.29) is 30.5 Å². The molecule has 142 valence electrons. The molecule has 2 heterocycles. The van der Waals surface area contributed by atoms with Gasteiger partial charge in [-0.25, -0.2) is 9.59 Å². The number of methoxy groups -OCH3 is 2. The van der Waals surface area contributed by atoms with Gasteiger partial charge in [-0.15, -0.1) is 0 Å². The minimum Gasteiger partial charge on any atom is -0.466 e. The van der Waals surface area contributed by atoms with Gasteiger partial charge in [-0.3, -0.25) is 4.79 Å². The zero-order valence-electron chi connectivity index (χ0n) is 15.2. The highest BCUT2D eigenvalue weighted by Crippen LogP contribution is 2.37. The summed E-state index contributed by atoms with van der Waals surface area (Å²) in [5.41, 5.74) is 2.32. The second-order valence-electron chi connectivity index (χ2n) is 6.72. The number of hydrogen-bond donors (Lipinski definition) is 0. The van der Waals surface area contributed by atoms with E-state index in [1.54, 1.807) is 6.07 Å². The fourth-order valence-electron chi connectivity index (χ4n) is 3.51. The summed E-state index contributed by atoms with van der Waals surface area (Å²) in [4.78, 5) is 40.6. The van der Waals surface area contributed by atoms with Gasteiger partial charge < -0.3 is 24.0 Å². The van der Waals surface area contributed by atoms with Crippen molar-refractivity contribution in [2.75, 3.05) is 32.5 Å². The van der Waals surface area contributed by atoms with Crippen LogP contribution in [-0.2, 0) is 30.3 Å². The Balaban J connectivity index is 1.73. The molecule has 0 spiro atoms. The maximum Gasteiger partial charge on any atom is 0.355 e. The van der Waals surface area contributed by atoms with Gasteiger partial charge in [0.25, 0.3) is 5.91 Å². The number of ether oxygens (including phenoxy) is 3. The van der Waals surface area contributed by atoms with Crippen LogP contribution in [-0.4, -0.2) is 56.3 Å². The second-order valence-corrected chi connectivity index (χ2v) is 6.72. The highest BCUT2D eigenvalue weighted by Gasteiger charge is 2.39. The molecular weight excluding hydrogens is 352 g/mol. The lowest BCUT2D eigenvalue weighted by Gasteiger charge is -2.31. The van der Waals surface area contributed by atoms with Crippen molar-refractivity contribution in [3.63, 3.8) is 0 Å². The van der Waals surface area contributed by atoms with E-state index in [0.29, 0.717) is 23.8 Å². The highest BCUT2D eigenvalue weighted by molar-refractivity contribution is 6.04.